The number of hydrogen-bond donors (Lipinski definition) is 0. The summed E-state index contributed by atoms with van der Waals surface area (Å²) in [5.41, 5.74) is 1.93. The third-order valence-corrected chi connectivity index (χ3v) is 2.50. The van der Waals surface area contributed by atoms with Crippen molar-refractivity contribution in [1.82, 2.24) is 0 Å². The van der Waals surface area contributed by atoms with E-state index in [0.29, 0.717) is 5.90 Å². The van der Waals surface area contributed by atoms with E-state index in [4.69, 9.17) is 9.57 Å². The molecule has 0 heterocycles. The molecule has 0 aromatic heterocycles. The van der Waals surface area contributed by atoms with Crippen molar-refractivity contribution in [2.75, 3.05) is 7.11 Å². The lowest BCUT2D eigenvalue weighted by molar-refractivity contribution is 0.206. The van der Waals surface area contributed by atoms with Crippen molar-refractivity contribution in [3.63, 3.8) is 0 Å². The summed E-state index contributed by atoms with van der Waals surface area (Å²) >= 11 is 0. The first-order chi connectivity index (χ1) is 8.81. The van der Waals surface area contributed by atoms with Gasteiger partial charge in [0.15, 0.2) is 0 Å². The Kier molecular flexibility index (Phi) is 3.97. The van der Waals surface area contributed by atoms with E-state index >= 15 is 0 Å². The van der Waals surface area contributed by atoms with Crippen LogP contribution in [0.3, 0.4) is 0 Å². The van der Waals surface area contributed by atoms with Gasteiger partial charge in [-0.15, -0.1) is 0 Å². The Morgan fingerprint density at radius 1 is 0.944 bits per heavy atom. The van der Waals surface area contributed by atoms with Gasteiger partial charge >= 0.3 is 0 Å². The van der Waals surface area contributed by atoms with E-state index in [9.17, 15) is 0 Å². The number of oxime groups is 1. The molecule has 92 valence electrons. The molecule has 2 aromatic carbocycles. The van der Waals surface area contributed by atoms with Crippen molar-refractivity contribution < 1.29 is 9.57 Å². The highest BCUT2D eigenvalue weighted by molar-refractivity contribution is 5.95. The number of rotatable bonds is 3. The van der Waals surface area contributed by atoms with Crippen molar-refractivity contribution >= 4 is 5.90 Å². The average Bonchev–Trinajstić information content (AvgIpc) is 2.42. The third-order valence-electron chi connectivity index (χ3n) is 2.50. The minimum Gasteiger partial charge on any atom is -0.436 e. The second kappa shape index (κ2) is 5.87. The Balaban J connectivity index is 2.29. The van der Waals surface area contributed by atoms with E-state index in [0.717, 1.165) is 16.9 Å². The lowest BCUT2D eigenvalue weighted by Crippen LogP contribution is -2.11. The first-order valence-corrected chi connectivity index (χ1v) is 5.71. The zero-order valence-electron chi connectivity index (χ0n) is 10.5. The number of benzene rings is 2. The second-order valence-electron chi connectivity index (χ2n) is 3.81. The standard InChI is InChI=1S/C15H15NO2/c1-12-8-6-7-11-14(12)18-15(16-17-2)13-9-4-3-5-10-13/h3-11H,1-2H3/b16-15+. The van der Waals surface area contributed by atoms with E-state index in [2.05, 4.69) is 5.16 Å². The summed E-state index contributed by atoms with van der Waals surface area (Å²) in [5, 5.41) is 3.93. The molecule has 0 atom stereocenters. The van der Waals surface area contributed by atoms with Crippen LogP contribution in [0.15, 0.2) is 59.8 Å². The third kappa shape index (κ3) is 2.88. The maximum Gasteiger partial charge on any atom is 0.263 e. The molecule has 3 heteroatoms. The maximum atomic E-state index is 5.80. The fourth-order valence-electron chi connectivity index (χ4n) is 1.57. The van der Waals surface area contributed by atoms with Crippen LogP contribution in [0.5, 0.6) is 5.75 Å². The highest BCUT2D eigenvalue weighted by Crippen LogP contribution is 2.18. The zero-order chi connectivity index (χ0) is 12.8. The molecule has 0 fully saturated rings. The van der Waals surface area contributed by atoms with Gasteiger partial charge in [-0.3, -0.25) is 0 Å². The maximum absolute atomic E-state index is 5.80. The fourth-order valence-corrected chi connectivity index (χ4v) is 1.57. The molecule has 0 N–H and O–H groups in total. The summed E-state index contributed by atoms with van der Waals surface area (Å²) in [6, 6.07) is 17.5. The van der Waals surface area contributed by atoms with Crippen molar-refractivity contribution in [2.24, 2.45) is 5.16 Å². The van der Waals surface area contributed by atoms with Crippen LogP contribution in [0.4, 0.5) is 0 Å². The number of nitrogens with zero attached hydrogens (tertiary/aromatic N) is 1. The molecule has 0 saturated heterocycles. The van der Waals surface area contributed by atoms with Gasteiger partial charge in [0.05, 0.1) is 0 Å². The molecule has 3 nitrogen and oxygen atoms in total. The van der Waals surface area contributed by atoms with Crippen LogP contribution in [0.1, 0.15) is 11.1 Å². The van der Waals surface area contributed by atoms with Crippen LogP contribution in [0.2, 0.25) is 0 Å². The van der Waals surface area contributed by atoms with Gasteiger partial charge in [-0.25, -0.2) is 0 Å². The molecule has 0 aliphatic heterocycles. The highest BCUT2D eigenvalue weighted by Gasteiger charge is 2.08. The Labute approximate surface area is 107 Å². The molecule has 0 spiro atoms. The summed E-state index contributed by atoms with van der Waals surface area (Å²) in [4.78, 5) is 4.83. The predicted molar refractivity (Wildman–Crippen MR) is 71.8 cm³/mol. The van der Waals surface area contributed by atoms with Gasteiger partial charge in [-0.1, -0.05) is 36.4 Å². The number of para-hydroxylation sites is 1. The minimum absolute atomic E-state index is 0.451. The van der Waals surface area contributed by atoms with E-state index in [-0.39, 0.29) is 0 Å². The van der Waals surface area contributed by atoms with Crippen molar-refractivity contribution in [3.05, 3.63) is 65.7 Å². The Bertz CT molecular complexity index is 535. The topological polar surface area (TPSA) is 30.8 Å². The normalized spacial score (nSPS) is 11.1. The average molecular weight is 241 g/mol. The summed E-state index contributed by atoms with van der Waals surface area (Å²) in [6.45, 7) is 1.99. The van der Waals surface area contributed by atoms with Gasteiger partial charge < -0.3 is 9.57 Å². The van der Waals surface area contributed by atoms with E-state index in [1.165, 1.54) is 7.11 Å². The molecular formula is C15H15NO2. The summed E-state index contributed by atoms with van der Waals surface area (Å²) in [7, 11) is 1.50. The molecule has 0 bridgehead atoms. The first-order valence-electron chi connectivity index (χ1n) is 5.71. The minimum atomic E-state index is 0.451. The van der Waals surface area contributed by atoms with Crippen molar-refractivity contribution in [2.45, 2.75) is 6.92 Å². The molecule has 0 saturated carbocycles. The van der Waals surface area contributed by atoms with E-state index < -0.39 is 0 Å². The molecule has 0 radical (unpaired) electrons. The van der Waals surface area contributed by atoms with Gasteiger partial charge in [0.2, 0.25) is 0 Å². The van der Waals surface area contributed by atoms with Crippen LogP contribution >= 0.6 is 0 Å². The lowest BCUT2D eigenvalue weighted by Gasteiger charge is -2.10. The van der Waals surface area contributed by atoms with Gasteiger partial charge in [0.1, 0.15) is 12.9 Å². The van der Waals surface area contributed by atoms with E-state index in [1.807, 2.05) is 61.5 Å². The van der Waals surface area contributed by atoms with Gasteiger partial charge in [0, 0.05) is 5.56 Å². The Morgan fingerprint density at radius 3 is 2.28 bits per heavy atom. The highest BCUT2D eigenvalue weighted by atomic mass is 16.6. The van der Waals surface area contributed by atoms with Crippen LogP contribution in [-0.4, -0.2) is 13.0 Å². The molecule has 0 unspecified atom stereocenters. The molecule has 18 heavy (non-hydrogen) atoms. The summed E-state index contributed by atoms with van der Waals surface area (Å²) in [5.74, 6) is 1.23. The summed E-state index contributed by atoms with van der Waals surface area (Å²) in [6.07, 6.45) is 0. The monoisotopic (exact) mass is 241 g/mol. The molecule has 2 aromatic rings. The molecule has 0 aliphatic carbocycles. The predicted octanol–water partition coefficient (Wildman–Crippen LogP) is 3.38. The van der Waals surface area contributed by atoms with Gasteiger partial charge in [0.25, 0.3) is 5.90 Å². The van der Waals surface area contributed by atoms with Crippen molar-refractivity contribution in [1.29, 1.82) is 0 Å². The van der Waals surface area contributed by atoms with Crippen LogP contribution < -0.4 is 4.74 Å². The quantitative estimate of drug-likeness (QED) is 0.468. The fraction of sp³-hybridized carbons (Fsp3) is 0.133. The molecule has 2 rings (SSSR count). The van der Waals surface area contributed by atoms with E-state index in [1.54, 1.807) is 0 Å². The Morgan fingerprint density at radius 2 is 1.61 bits per heavy atom. The first kappa shape index (κ1) is 12.2. The number of hydrogen-bond acceptors (Lipinski definition) is 3. The molecular weight excluding hydrogens is 226 g/mol. The van der Waals surface area contributed by atoms with Gasteiger partial charge in [-0.05, 0) is 35.8 Å². The lowest BCUT2D eigenvalue weighted by atomic mass is 10.2. The van der Waals surface area contributed by atoms with Crippen LogP contribution in [0, 0.1) is 6.92 Å². The second-order valence-corrected chi connectivity index (χ2v) is 3.81. The van der Waals surface area contributed by atoms with Crippen LogP contribution in [-0.2, 0) is 4.84 Å². The van der Waals surface area contributed by atoms with Gasteiger partial charge in [-0.2, -0.15) is 0 Å². The largest absolute Gasteiger partial charge is 0.436 e. The SMILES string of the molecule is CO/N=C(/Oc1ccccc1C)c1ccccc1. The van der Waals surface area contributed by atoms with Crippen LogP contribution in [0.25, 0.3) is 0 Å². The molecule has 0 aliphatic rings. The van der Waals surface area contributed by atoms with Crippen molar-refractivity contribution in [3.8, 4) is 5.75 Å². The number of ether oxygens (including phenoxy) is 1. The zero-order valence-corrected chi connectivity index (χ0v) is 10.5. The Hall–Kier alpha value is -2.29. The number of aryl methyl sites for hydroxylation is 1. The summed E-state index contributed by atoms with van der Waals surface area (Å²) < 4.78 is 5.80. The molecule has 0 amide bonds. The smallest absolute Gasteiger partial charge is 0.263 e.